The molecule has 70 valence electrons. The lowest BCUT2D eigenvalue weighted by Gasteiger charge is -2.08. The van der Waals surface area contributed by atoms with E-state index in [0.29, 0.717) is 12.7 Å². The molecule has 2 rings (SSSR count). The Morgan fingerprint density at radius 1 is 1.54 bits per heavy atom. The minimum absolute atomic E-state index is 0.349. The summed E-state index contributed by atoms with van der Waals surface area (Å²) in [4.78, 5) is 8.10. The third-order valence-electron chi connectivity index (χ3n) is 2.10. The Kier molecular flexibility index (Phi) is 2.84. The molecule has 13 heavy (non-hydrogen) atoms. The van der Waals surface area contributed by atoms with Crippen molar-refractivity contribution in [1.29, 1.82) is 0 Å². The summed E-state index contributed by atoms with van der Waals surface area (Å²) in [5, 5.41) is 3.25. The van der Waals surface area contributed by atoms with E-state index < -0.39 is 0 Å². The summed E-state index contributed by atoms with van der Waals surface area (Å²) in [6.07, 6.45) is 6.54. The Morgan fingerprint density at radius 2 is 2.54 bits per heavy atom. The standard InChI is InChI=1S/C9H13N3O/c1-2-10-6-9(1)13-7-8-5-11-3-4-12-8/h3-5,9-10H,1-2,6-7H2/t9-/m1/s1. The number of rotatable bonds is 3. The van der Waals surface area contributed by atoms with Gasteiger partial charge < -0.3 is 10.1 Å². The first-order valence-corrected chi connectivity index (χ1v) is 4.52. The zero-order chi connectivity index (χ0) is 8.93. The van der Waals surface area contributed by atoms with Gasteiger partial charge in [0.05, 0.1) is 24.6 Å². The molecule has 0 spiro atoms. The van der Waals surface area contributed by atoms with E-state index in [2.05, 4.69) is 15.3 Å². The van der Waals surface area contributed by atoms with Crippen LogP contribution in [0.1, 0.15) is 12.1 Å². The maximum atomic E-state index is 5.62. The van der Waals surface area contributed by atoms with Gasteiger partial charge in [0.15, 0.2) is 0 Å². The van der Waals surface area contributed by atoms with E-state index in [1.165, 1.54) is 0 Å². The van der Waals surface area contributed by atoms with Crippen LogP contribution >= 0.6 is 0 Å². The molecule has 0 unspecified atom stereocenters. The van der Waals surface area contributed by atoms with Crippen molar-refractivity contribution in [3.63, 3.8) is 0 Å². The Hall–Kier alpha value is -1.00. The second-order valence-electron chi connectivity index (χ2n) is 3.12. The van der Waals surface area contributed by atoms with Crippen molar-refractivity contribution in [2.45, 2.75) is 19.1 Å². The summed E-state index contributed by atoms with van der Waals surface area (Å²) in [5.41, 5.74) is 0.898. The fourth-order valence-electron chi connectivity index (χ4n) is 1.38. The average Bonchev–Trinajstić information content (AvgIpc) is 2.69. The predicted octanol–water partition coefficient (Wildman–Crippen LogP) is 0.355. The normalized spacial score (nSPS) is 22.0. The molecule has 2 heterocycles. The van der Waals surface area contributed by atoms with Gasteiger partial charge in [-0.15, -0.1) is 0 Å². The second-order valence-corrected chi connectivity index (χ2v) is 3.12. The number of hydrogen-bond acceptors (Lipinski definition) is 4. The van der Waals surface area contributed by atoms with Crippen LogP contribution in [0, 0.1) is 0 Å². The maximum absolute atomic E-state index is 5.62. The molecule has 0 aromatic carbocycles. The zero-order valence-corrected chi connectivity index (χ0v) is 7.44. The monoisotopic (exact) mass is 179 g/mol. The average molecular weight is 179 g/mol. The fourth-order valence-corrected chi connectivity index (χ4v) is 1.38. The number of ether oxygens (including phenoxy) is 1. The Bertz CT molecular complexity index is 246. The van der Waals surface area contributed by atoms with Gasteiger partial charge in [-0.2, -0.15) is 0 Å². The Labute approximate surface area is 77.4 Å². The van der Waals surface area contributed by atoms with Gasteiger partial charge in [0.25, 0.3) is 0 Å². The highest BCUT2D eigenvalue weighted by Crippen LogP contribution is 2.05. The lowest BCUT2D eigenvalue weighted by molar-refractivity contribution is 0.0520. The molecule has 1 aromatic rings. The van der Waals surface area contributed by atoms with Crippen LogP contribution < -0.4 is 5.32 Å². The first-order chi connectivity index (χ1) is 6.45. The van der Waals surface area contributed by atoms with Gasteiger partial charge in [0.2, 0.25) is 0 Å². The minimum atomic E-state index is 0.349. The highest BCUT2D eigenvalue weighted by atomic mass is 16.5. The molecule has 1 atom stereocenters. The van der Waals surface area contributed by atoms with E-state index in [1.807, 2.05) is 0 Å². The predicted molar refractivity (Wildman–Crippen MR) is 48.1 cm³/mol. The van der Waals surface area contributed by atoms with Gasteiger partial charge >= 0.3 is 0 Å². The van der Waals surface area contributed by atoms with Crippen LogP contribution in [-0.2, 0) is 11.3 Å². The number of aromatic nitrogens is 2. The molecular weight excluding hydrogens is 166 g/mol. The Morgan fingerprint density at radius 3 is 3.23 bits per heavy atom. The number of nitrogens with one attached hydrogen (secondary N) is 1. The topological polar surface area (TPSA) is 47.0 Å². The highest BCUT2D eigenvalue weighted by molar-refractivity contribution is 4.92. The molecule has 1 aromatic heterocycles. The van der Waals surface area contributed by atoms with E-state index in [4.69, 9.17) is 4.74 Å². The van der Waals surface area contributed by atoms with Crippen molar-refractivity contribution in [2.24, 2.45) is 0 Å². The largest absolute Gasteiger partial charge is 0.370 e. The molecule has 0 bridgehead atoms. The third-order valence-corrected chi connectivity index (χ3v) is 2.10. The van der Waals surface area contributed by atoms with E-state index in [0.717, 1.165) is 25.2 Å². The molecule has 1 aliphatic rings. The molecule has 1 N–H and O–H groups in total. The van der Waals surface area contributed by atoms with Crippen molar-refractivity contribution in [1.82, 2.24) is 15.3 Å². The van der Waals surface area contributed by atoms with Crippen LogP contribution in [0.3, 0.4) is 0 Å². The summed E-state index contributed by atoms with van der Waals surface area (Å²) in [5.74, 6) is 0. The molecule has 0 radical (unpaired) electrons. The van der Waals surface area contributed by atoms with Crippen molar-refractivity contribution in [3.05, 3.63) is 24.3 Å². The van der Waals surface area contributed by atoms with E-state index in [9.17, 15) is 0 Å². The molecule has 0 aliphatic carbocycles. The van der Waals surface area contributed by atoms with Crippen LogP contribution in [0.25, 0.3) is 0 Å². The lowest BCUT2D eigenvalue weighted by atomic mass is 10.3. The summed E-state index contributed by atoms with van der Waals surface area (Å²) in [6, 6.07) is 0. The lowest BCUT2D eigenvalue weighted by Crippen LogP contribution is -2.16. The van der Waals surface area contributed by atoms with E-state index in [-0.39, 0.29) is 0 Å². The number of hydrogen-bond donors (Lipinski definition) is 1. The Balaban J connectivity index is 1.79. The molecular formula is C9H13N3O. The van der Waals surface area contributed by atoms with E-state index in [1.54, 1.807) is 18.6 Å². The summed E-state index contributed by atoms with van der Waals surface area (Å²) < 4.78 is 5.62. The summed E-state index contributed by atoms with van der Waals surface area (Å²) in [7, 11) is 0. The fraction of sp³-hybridized carbons (Fsp3) is 0.556. The molecule has 1 fully saturated rings. The quantitative estimate of drug-likeness (QED) is 0.727. The molecule has 1 aliphatic heterocycles. The third kappa shape index (κ3) is 2.47. The number of nitrogens with zero attached hydrogens (tertiary/aromatic N) is 2. The van der Waals surface area contributed by atoms with Crippen molar-refractivity contribution in [2.75, 3.05) is 13.1 Å². The van der Waals surface area contributed by atoms with Gasteiger partial charge in [-0.1, -0.05) is 0 Å². The minimum Gasteiger partial charge on any atom is -0.370 e. The van der Waals surface area contributed by atoms with Crippen LogP contribution in [0.2, 0.25) is 0 Å². The molecule has 4 heteroatoms. The first kappa shape index (κ1) is 8.59. The van der Waals surface area contributed by atoms with Gasteiger partial charge in [0, 0.05) is 18.9 Å². The zero-order valence-electron chi connectivity index (χ0n) is 7.44. The van der Waals surface area contributed by atoms with Crippen molar-refractivity contribution in [3.8, 4) is 0 Å². The highest BCUT2D eigenvalue weighted by Gasteiger charge is 2.14. The van der Waals surface area contributed by atoms with Crippen molar-refractivity contribution >= 4 is 0 Å². The smallest absolute Gasteiger partial charge is 0.0907 e. The maximum Gasteiger partial charge on any atom is 0.0907 e. The van der Waals surface area contributed by atoms with Gasteiger partial charge in [-0.05, 0) is 13.0 Å². The first-order valence-electron chi connectivity index (χ1n) is 4.52. The SMILES string of the molecule is c1cnc(CO[C@@H]2CCNC2)cn1. The molecule has 4 nitrogen and oxygen atoms in total. The van der Waals surface area contributed by atoms with Crippen LogP contribution in [-0.4, -0.2) is 29.2 Å². The van der Waals surface area contributed by atoms with Gasteiger partial charge in [-0.3, -0.25) is 9.97 Å². The summed E-state index contributed by atoms with van der Waals surface area (Å²) >= 11 is 0. The van der Waals surface area contributed by atoms with E-state index >= 15 is 0 Å². The molecule has 0 amide bonds. The second kappa shape index (κ2) is 4.30. The van der Waals surface area contributed by atoms with Crippen molar-refractivity contribution < 1.29 is 4.74 Å². The molecule has 0 saturated carbocycles. The summed E-state index contributed by atoms with van der Waals surface area (Å²) in [6.45, 7) is 2.59. The van der Waals surface area contributed by atoms with Gasteiger partial charge in [-0.25, -0.2) is 0 Å². The van der Waals surface area contributed by atoms with Crippen LogP contribution in [0.15, 0.2) is 18.6 Å². The molecule has 1 saturated heterocycles. The van der Waals surface area contributed by atoms with Crippen LogP contribution in [0.4, 0.5) is 0 Å². The van der Waals surface area contributed by atoms with Crippen LogP contribution in [0.5, 0.6) is 0 Å². The van der Waals surface area contributed by atoms with Gasteiger partial charge in [0.1, 0.15) is 0 Å².